The average Bonchev–Trinajstić information content (AvgIpc) is 2.22. The van der Waals surface area contributed by atoms with E-state index in [1.165, 1.54) is 23.8 Å². The van der Waals surface area contributed by atoms with Crippen molar-refractivity contribution in [3.8, 4) is 0 Å². The second-order valence-electron chi connectivity index (χ2n) is 4.97. The number of carbonyl (C=O) groups excluding carboxylic acids is 1. The van der Waals surface area contributed by atoms with Crippen LogP contribution in [0.25, 0.3) is 0 Å². The van der Waals surface area contributed by atoms with Crippen molar-refractivity contribution in [2.24, 2.45) is 5.41 Å². The number of rotatable bonds is 3. The number of benzene rings is 1. The van der Waals surface area contributed by atoms with Gasteiger partial charge in [0, 0.05) is 0 Å². The maximum atomic E-state index is 11.6. The summed E-state index contributed by atoms with van der Waals surface area (Å²) < 4.78 is 4.80. The minimum Gasteiger partial charge on any atom is -0.469 e. The van der Waals surface area contributed by atoms with E-state index in [1.54, 1.807) is 0 Å². The highest BCUT2D eigenvalue weighted by atomic mass is 16.5. The summed E-state index contributed by atoms with van der Waals surface area (Å²) in [6.45, 7) is 8.00. The topological polar surface area (TPSA) is 26.3 Å². The van der Waals surface area contributed by atoms with Gasteiger partial charge in [-0.1, -0.05) is 18.2 Å². The molecule has 0 saturated heterocycles. The van der Waals surface area contributed by atoms with E-state index < -0.39 is 5.41 Å². The average molecular weight is 220 g/mol. The second-order valence-corrected chi connectivity index (χ2v) is 4.97. The first-order chi connectivity index (χ1) is 7.36. The lowest BCUT2D eigenvalue weighted by atomic mass is 9.85. The molecule has 2 heteroatoms. The zero-order valence-corrected chi connectivity index (χ0v) is 10.8. The quantitative estimate of drug-likeness (QED) is 0.732. The molecule has 2 nitrogen and oxygen atoms in total. The smallest absolute Gasteiger partial charge is 0.311 e. The van der Waals surface area contributed by atoms with Gasteiger partial charge in [-0.2, -0.15) is 0 Å². The van der Waals surface area contributed by atoms with Gasteiger partial charge in [0.2, 0.25) is 0 Å². The molecule has 0 fully saturated rings. The number of hydrogen-bond acceptors (Lipinski definition) is 2. The van der Waals surface area contributed by atoms with Gasteiger partial charge in [0.1, 0.15) is 0 Å². The van der Waals surface area contributed by atoms with Gasteiger partial charge in [-0.15, -0.1) is 0 Å². The van der Waals surface area contributed by atoms with Crippen LogP contribution in [-0.4, -0.2) is 13.1 Å². The lowest BCUT2D eigenvalue weighted by molar-refractivity contribution is -0.150. The van der Waals surface area contributed by atoms with Crippen LogP contribution in [-0.2, 0) is 16.0 Å². The van der Waals surface area contributed by atoms with E-state index >= 15 is 0 Å². The van der Waals surface area contributed by atoms with Gasteiger partial charge in [0.05, 0.1) is 12.5 Å². The van der Waals surface area contributed by atoms with E-state index in [4.69, 9.17) is 4.74 Å². The number of carbonyl (C=O) groups is 1. The van der Waals surface area contributed by atoms with Gasteiger partial charge in [0.25, 0.3) is 0 Å². The molecular formula is C14H20O2. The summed E-state index contributed by atoms with van der Waals surface area (Å²) in [5.41, 5.74) is 3.26. The highest BCUT2D eigenvalue weighted by molar-refractivity contribution is 5.76. The molecule has 88 valence electrons. The standard InChI is InChI=1S/C14H20O2/c1-10-6-7-12(8-11(10)2)9-14(3,4)13(15)16-5/h6-8H,9H2,1-5H3. The molecule has 0 heterocycles. The number of aryl methyl sites for hydroxylation is 2. The van der Waals surface area contributed by atoms with Crippen LogP contribution >= 0.6 is 0 Å². The second kappa shape index (κ2) is 4.69. The summed E-state index contributed by atoms with van der Waals surface area (Å²) in [4.78, 5) is 11.6. The van der Waals surface area contributed by atoms with Crippen LogP contribution < -0.4 is 0 Å². The molecule has 1 aromatic carbocycles. The van der Waals surface area contributed by atoms with Crippen LogP contribution in [0.1, 0.15) is 30.5 Å². The molecule has 0 spiro atoms. The minimum absolute atomic E-state index is 0.161. The van der Waals surface area contributed by atoms with E-state index in [-0.39, 0.29) is 5.97 Å². The van der Waals surface area contributed by atoms with Crippen LogP contribution in [0, 0.1) is 19.3 Å². The molecule has 0 aliphatic heterocycles. The van der Waals surface area contributed by atoms with Crippen molar-refractivity contribution in [2.75, 3.05) is 7.11 Å². The van der Waals surface area contributed by atoms with Crippen molar-refractivity contribution in [1.29, 1.82) is 0 Å². The fourth-order valence-electron chi connectivity index (χ4n) is 1.77. The summed E-state index contributed by atoms with van der Waals surface area (Å²) in [5, 5.41) is 0. The highest BCUT2D eigenvalue weighted by Crippen LogP contribution is 2.24. The Kier molecular flexibility index (Phi) is 3.74. The number of hydrogen-bond donors (Lipinski definition) is 0. The third kappa shape index (κ3) is 2.84. The predicted molar refractivity (Wildman–Crippen MR) is 65.4 cm³/mol. The van der Waals surface area contributed by atoms with Gasteiger partial charge >= 0.3 is 5.97 Å². The first-order valence-electron chi connectivity index (χ1n) is 5.51. The zero-order chi connectivity index (χ0) is 12.3. The van der Waals surface area contributed by atoms with Crippen molar-refractivity contribution >= 4 is 5.97 Å². The molecule has 0 amide bonds. The lowest BCUT2D eigenvalue weighted by Gasteiger charge is -2.21. The minimum atomic E-state index is -0.462. The Morgan fingerprint density at radius 3 is 2.38 bits per heavy atom. The van der Waals surface area contributed by atoms with E-state index in [0.717, 1.165) is 0 Å². The third-order valence-corrected chi connectivity index (χ3v) is 2.96. The van der Waals surface area contributed by atoms with Crippen molar-refractivity contribution < 1.29 is 9.53 Å². The van der Waals surface area contributed by atoms with E-state index in [2.05, 4.69) is 32.0 Å². The van der Waals surface area contributed by atoms with Crippen molar-refractivity contribution in [2.45, 2.75) is 34.1 Å². The van der Waals surface area contributed by atoms with Crippen molar-refractivity contribution in [1.82, 2.24) is 0 Å². The molecule has 0 aliphatic rings. The Balaban J connectivity index is 2.88. The molecule has 0 aliphatic carbocycles. The fraction of sp³-hybridized carbons (Fsp3) is 0.500. The van der Waals surface area contributed by atoms with Gasteiger partial charge in [-0.05, 0) is 50.8 Å². The van der Waals surface area contributed by atoms with E-state index in [0.29, 0.717) is 6.42 Å². The van der Waals surface area contributed by atoms with Crippen LogP contribution in [0.4, 0.5) is 0 Å². The molecule has 0 aromatic heterocycles. The van der Waals surface area contributed by atoms with Crippen LogP contribution in [0.2, 0.25) is 0 Å². The van der Waals surface area contributed by atoms with Gasteiger partial charge in [0.15, 0.2) is 0 Å². The molecule has 1 rings (SSSR count). The van der Waals surface area contributed by atoms with Gasteiger partial charge in [-0.25, -0.2) is 0 Å². The fourth-order valence-corrected chi connectivity index (χ4v) is 1.77. The molecule has 0 atom stereocenters. The molecule has 0 saturated carbocycles. The largest absolute Gasteiger partial charge is 0.469 e. The third-order valence-electron chi connectivity index (χ3n) is 2.96. The summed E-state index contributed by atoms with van der Waals surface area (Å²) in [5.74, 6) is -0.161. The van der Waals surface area contributed by atoms with Crippen molar-refractivity contribution in [3.63, 3.8) is 0 Å². The maximum Gasteiger partial charge on any atom is 0.311 e. The van der Waals surface area contributed by atoms with Crippen LogP contribution in [0.3, 0.4) is 0 Å². The highest BCUT2D eigenvalue weighted by Gasteiger charge is 2.28. The molecule has 1 aromatic rings. The lowest BCUT2D eigenvalue weighted by Crippen LogP contribution is -2.28. The number of ether oxygens (including phenoxy) is 1. The van der Waals surface area contributed by atoms with Gasteiger partial charge < -0.3 is 4.74 Å². The summed E-state index contributed by atoms with van der Waals surface area (Å²) in [6, 6.07) is 6.31. The van der Waals surface area contributed by atoms with E-state index in [1.807, 2.05) is 13.8 Å². The first kappa shape index (κ1) is 12.8. The zero-order valence-electron chi connectivity index (χ0n) is 10.8. The summed E-state index contributed by atoms with van der Waals surface area (Å²) in [7, 11) is 1.43. The SMILES string of the molecule is COC(=O)C(C)(C)Cc1ccc(C)c(C)c1. The number of methoxy groups -OCH3 is 1. The molecule has 0 unspecified atom stereocenters. The Hall–Kier alpha value is -1.31. The normalized spacial score (nSPS) is 11.3. The van der Waals surface area contributed by atoms with Crippen LogP contribution in [0.5, 0.6) is 0 Å². The van der Waals surface area contributed by atoms with Crippen molar-refractivity contribution in [3.05, 3.63) is 34.9 Å². The monoisotopic (exact) mass is 220 g/mol. The van der Waals surface area contributed by atoms with Gasteiger partial charge in [-0.3, -0.25) is 4.79 Å². The predicted octanol–water partition coefficient (Wildman–Crippen LogP) is 3.05. The Labute approximate surface area is 97.6 Å². The summed E-state index contributed by atoms with van der Waals surface area (Å²) in [6.07, 6.45) is 0.709. The maximum absolute atomic E-state index is 11.6. The molecule has 0 bridgehead atoms. The Morgan fingerprint density at radius 1 is 1.25 bits per heavy atom. The van der Waals surface area contributed by atoms with Crippen LogP contribution in [0.15, 0.2) is 18.2 Å². The molecule has 0 radical (unpaired) electrons. The van der Waals surface area contributed by atoms with E-state index in [9.17, 15) is 4.79 Å². The summed E-state index contributed by atoms with van der Waals surface area (Å²) >= 11 is 0. The first-order valence-corrected chi connectivity index (χ1v) is 5.51. The Morgan fingerprint density at radius 2 is 1.88 bits per heavy atom. The Bertz CT molecular complexity index is 392. The number of esters is 1. The molecule has 16 heavy (non-hydrogen) atoms. The molecule has 0 N–H and O–H groups in total. The molecular weight excluding hydrogens is 200 g/mol.